The van der Waals surface area contributed by atoms with Gasteiger partial charge in [0.1, 0.15) is 0 Å². The molecule has 88 valence electrons. The fourth-order valence-electron chi connectivity index (χ4n) is 1.84. The van der Waals surface area contributed by atoms with Crippen LogP contribution in [0.3, 0.4) is 0 Å². The summed E-state index contributed by atoms with van der Waals surface area (Å²) in [7, 11) is 2.00. The van der Waals surface area contributed by atoms with Gasteiger partial charge in [-0.25, -0.2) is 0 Å². The predicted octanol–water partition coefficient (Wildman–Crippen LogP) is 4.29. The lowest BCUT2D eigenvalue weighted by Gasteiger charge is -2.16. The normalized spacial score (nSPS) is 12.4. The molecule has 0 saturated heterocycles. The van der Waals surface area contributed by atoms with Crippen molar-refractivity contribution in [3.05, 3.63) is 44.9 Å². The zero-order valence-corrected chi connectivity index (χ0v) is 12.3. The Labute approximate surface area is 107 Å². The summed E-state index contributed by atoms with van der Waals surface area (Å²) in [5.41, 5.74) is 5.23. The van der Waals surface area contributed by atoms with E-state index in [-0.39, 0.29) is 0 Å². The quantitative estimate of drug-likeness (QED) is 0.815. The number of likely N-dealkylation sites (N-methyl/N-ethyl adjacent to an activating group) is 1. The minimum Gasteiger partial charge on any atom is -0.310 e. The largest absolute Gasteiger partial charge is 0.310 e. The number of benzene rings is 1. The van der Waals surface area contributed by atoms with E-state index in [4.69, 9.17) is 0 Å². The van der Waals surface area contributed by atoms with E-state index in [0.29, 0.717) is 6.04 Å². The molecule has 1 unspecified atom stereocenters. The second kappa shape index (κ2) is 5.65. The van der Waals surface area contributed by atoms with Crippen LogP contribution >= 0.6 is 15.9 Å². The summed E-state index contributed by atoms with van der Waals surface area (Å²) >= 11 is 3.60. The standard InChI is InChI=1S/C14H20BrN/c1-9(2)6-13(16-5)12-7-10(3)14(15)11(4)8-12/h6-8,13,16H,1-5H3. The third-order valence-electron chi connectivity index (χ3n) is 2.63. The van der Waals surface area contributed by atoms with E-state index in [2.05, 4.69) is 67.2 Å². The number of hydrogen-bond donors (Lipinski definition) is 1. The van der Waals surface area contributed by atoms with Crippen molar-refractivity contribution in [3.63, 3.8) is 0 Å². The topological polar surface area (TPSA) is 12.0 Å². The zero-order chi connectivity index (χ0) is 12.3. The van der Waals surface area contributed by atoms with Gasteiger partial charge >= 0.3 is 0 Å². The second-order valence-electron chi connectivity index (χ2n) is 4.48. The molecule has 1 aromatic carbocycles. The highest BCUT2D eigenvalue weighted by molar-refractivity contribution is 9.10. The second-order valence-corrected chi connectivity index (χ2v) is 5.27. The Morgan fingerprint density at radius 1 is 1.25 bits per heavy atom. The average Bonchev–Trinajstić information content (AvgIpc) is 2.21. The minimum absolute atomic E-state index is 0.301. The van der Waals surface area contributed by atoms with Crippen LogP contribution in [0.2, 0.25) is 0 Å². The van der Waals surface area contributed by atoms with Gasteiger partial charge in [0, 0.05) is 4.47 Å². The lowest BCUT2D eigenvalue weighted by atomic mass is 10.00. The van der Waals surface area contributed by atoms with E-state index in [9.17, 15) is 0 Å². The van der Waals surface area contributed by atoms with Gasteiger partial charge in [-0.3, -0.25) is 0 Å². The van der Waals surface area contributed by atoms with Crippen molar-refractivity contribution in [1.29, 1.82) is 0 Å². The van der Waals surface area contributed by atoms with E-state index < -0.39 is 0 Å². The highest BCUT2D eigenvalue weighted by Crippen LogP contribution is 2.26. The number of allylic oxidation sites excluding steroid dienone is 1. The number of hydrogen-bond acceptors (Lipinski definition) is 1. The first-order chi connectivity index (χ1) is 7.45. The van der Waals surface area contributed by atoms with Crippen LogP contribution in [0.25, 0.3) is 0 Å². The van der Waals surface area contributed by atoms with E-state index >= 15 is 0 Å². The van der Waals surface area contributed by atoms with Crippen LogP contribution < -0.4 is 5.32 Å². The Morgan fingerprint density at radius 3 is 2.12 bits per heavy atom. The molecule has 1 rings (SSSR count). The Kier molecular flexibility index (Phi) is 4.75. The van der Waals surface area contributed by atoms with Crippen LogP contribution in [0.4, 0.5) is 0 Å². The Bertz CT molecular complexity index is 380. The van der Waals surface area contributed by atoms with Crippen molar-refractivity contribution in [1.82, 2.24) is 5.32 Å². The number of aryl methyl sites for hydroxylation is 2. The first kappa shape index (κ1) is 13.5. The van der Waals surface area contributed by atoms with Crippen molar-refractivity contribution in [3.8, 4) is 0 Å². The minimum atomic E-state index is 0.301. The van der Waals surface area contributed by atoms with E-state index in [1.54, 1.807) is 0 Å². The molecular weight excluding hydrogens is 262 g/mol. The summed E-state index contributed by atoms with van der Waals surface area (Å²) in [6.45, 7) is 8.53. The SMILES string of the molecule is CNC(C=C(C)C)c1cc(C)c(Br)c(C)c1. The van der Waals surface area contributed by atoms with Crippen LogP contribution in [-0.4, -0.2) is 7.05 Å². The van der Waals surface area contributed by atoms with E-state index in [0.717, 1.165) is 0 Å². The summed E-state index contributed by atoms with van der Waals surface area (Å²) in [6.07, 6.45) is 2.25. The lowest BCUT2D eigenvalue weighted by molar-refractivity contribution is 0.708. The molecule has 16 heavy (non-hydrogen) atoms. The third-order valence-corrected chi connectivity index (χ3v) is 3.88. The average molecular weight is 282 g/mol. The number of rotatable bonds is 3. The van der Waals surface area contributed by atoms with Crippen LogP contribution in [0, 0.1) is 13.8 Å². The Morgan fingerprint density at radius 2 is 1.75 bits per heavy atom. The van der Waals surface area contributed by atoms with Crippen molar-refractivity contribution >= 4 is 15.9 Å². The summed E-state index contributed by atoms with van der Waals surface area (Å²) in [4.78, 5) is 0. The molecule has 0 heterocycles. The molecular formula is C14H20BrN. The Balaban J connectivity index is 3.16. The molecule has 0 bridgehead atoms. The van der Waals surface area contributed by atoms with Crippen LogP contribution in [0.15, 0.2) is 28.3 Å². The maximum Gasteiger partial charge on any atom is 0.0506 e. The van der Waals surface area contributed by atoms with E-state index in [1.165, 1.54) is 26.7 Å². The van der Waals surface area contributed by atoms with Gasteiger partial charge in [-0.15, -0.1) is 0 Å². The van der Waals surface area contributed by atoms with Gasteiger partial charge in [-0.2, -0.15) is 0 Å². The van der Waals surface area contributed by atoms with Crippen molar-refractivity contribution in [2.45, 2.75) is 33.7 Å². The maximum atomic E-state index is 3.60. The molecule has 0 saturated carbocycles. The van der Waals surface area contributed by atoms with Gasteiger partial charge in [0.15, 0.2) is 0 Å². The van der Waals surface area contributed by atoms with Crippen molar-refractivity contribution < 1.29 is 0 Å². The van der Waals surface area contributed by atoms with Gasteiger partial charge in [0.05, 0.1) is 6.04 Å². The fourth-order valence-corrected chi connectivity index (χ4v) is 2.07. The molecule has 0 aromatic heterocycles. The molecule has 2 heteroatoms. The fraction of sp³-hybridized carbons (Fsp3) is 0.429. The highest BCUT2D eigenvalue weighted by atomic mass is 79.9. The summed E-state index contributed by atoms with van der Waals surface area (Å²) < 4.78 is 1.21. The molecule has 0 aliphatic heterocycles. The molecule has 0 aliphatic rings. The molecule has 1 N–H and O–H groups in total. The van der Waals surface area contributed by atoms with Gasteiger partial charge in [0.25, 0.3) is 0 Å². The summed E-state index contributed by atoms with van der Waals surface area (Å²) in [5, 5.41) is 3.33. The predicted molar refractivity (Wildman–Crippen MR) is 74.8 cm³/mol. The molecule has 1 aromatic rings. The van der Waals surface area contributed by atoms with Gasteiger partial charge in [0.2, 0.25) is 0 Å². The van der Waals surface area contributed by atoms with E-state index in [1.807, 2.05) is 7.05 Å². The monoisotopic (exact) mass is 281 g/mol. The smallest absolute Gasteiger partial charge is 0.0506 e. The summed E-state index contributed by atoms with van der Waals surface area (Å²) in [5.74, 6) is 0. The van der Waals surface area contributed by atoms with Crippen molar-refractivity contribution in [2.75, 3.05) is 7.05 Å². The highest BCUT2D eigenvalue weighted by Gasteiger charge is 2.09. The van der Waals surface area contributed by atoms with Gasteiger partial charge < -0.3 is 5.32 Å². The van der Waals surface area contributed by atoms with Gasteiger partial charge in [-0.05, 0) is 51.4 Å². The third kappa shape index (κ3) is 3.19. The number of nitrogens with one attached hydrogen (secondary N) is 1. The Hall–Kier alpha value is -0.600. The molecule has 0 aliphatic carbocycles. The maximum absolute atomic E-state index is 3.60. The first-order valence-electron chi connectivity index (χ1n) is 5.54. The van der Waals surface area contributed by atoms with Gasteiger partial charge in [-0.1, -0.05) is 39.7 Å². The molecule has 0 radical (unpaired) electrons. The zero-order valence-electron chi connectivity index (χ0n) is 10.7. The number of halogens is 1. The first-order valence-corrected chi connectivity index (χ1v) is 6.34. The van der Waals surface area contributed by atoms with Crippen LogP contribution in [-0.2, 0) is 0 Å². The van der Waals surface area contributed by atoms with Crippen LogP contribution in [0.5, 0.6) is 0 Å². The molecule has 1 atom stereocenters. The lowest BCUT2D eigenvalue weighted by Crippen LogP contribution is -2.14. The molecule has 0 spiro atoms. The van der Waals surface area contributed by atoms with Crippen molar-refractivity contribution in [2.24, 2.45) is 0 Å². The molecule has 1 nitrogen and oxygen atoms in total. The van der Waals surface area contributed by atoms with Crippen LogP contribution in [0.1, 0.15) is 36.6 Å². The molecule has 0 fully saturated rings. The summed E-state index contributed by atoms with van der Waals surface area (Å²) in [6, 6.07) is 4.77. The molecule has 0 amide bonds.